The van der Waals surface area contributed by atoms with Gasteiger partial charge in [0.05, 0.1) is 16.8 Å². The molecule has 28 heavy (non-hydrogen) atoms. The van der Waals surface area contributed by atoms with E-state index in [-0.39, 0.29) is 4.90 Å². The number of nitrogen functional groups attached to an aromatic ring is 1. The third kappa shape index (κ3) is 3.53. The zero-order valence-electron chi connectivity index (χ0n) is 14.8. The van der Waals surface area contributed by atoms with Gasteiger partial charge in [0.15, 0.2) is 11.5 Å². The molecule has 0 fully saturated rings. The molecule has 0 spiro atoms. The molecule has 2 aromatic heterocycles. The number of rotatable bonds is 5. The predicted molar refractivity (Wildman–Crippen MR) is 108 cm³/mol. The molecule has 0 unspecified atom stereocenters. The highest BCUT2D eigenvalue weighted by molar-refractivity contribution is 7.89. The Kier molecular flexibility index (Phi) is 4.46. The lowest BCUT2D eigenvalue weighted by Gasteiger charge is -2.08. The number of sulfonamides is 1. The van der Waals surface area contributed by atoms with Gasteiger partial charge in [-0.05, 0) is 29.8 Å². The Hall–Kier alpha value is -3.43. The Balaban J connectivity index is 1.59. The molecule has 4 rings (SSSR count). The van der Waals surface area contributed by atoms with Crippen LogP contribution in [0.2, 0.25) is 0 Å². The molecule has 2 aromatic carbocycles. The lowest BCUT2D eigenvalue weighted by molar-refractivity contribution is 0.598. The van der Waals surface area contributed by atoms with Gasteiger partial charge in [-0.25, -0.2) is 23.5 Å². The lowest BCUT2D eigenvalue weighted by Crippen LogP contribution is -2.12. The summed E-state index contributed by atoms with van der Waals surface area (Å²) >= 11 is 0. The SMILES string of the molecule is Nc1ccc(-c2cnc3c(NCc4ccc(S(N)(=O)=O)cc4)nccn23)cc1. The van der Waals surface area contributed by atoms with Crippen LogP contribution in [-0.2, 0) is 16.6 Å². The van der Waals surface area contributed by atoms with Crippen LogP contribution in [0.25, 0.3) is 16.9 Å². The molecular formula is C19H18N6O2S. The van der Waals surface area contributed by atoms with Gasteiger partial charge in [0.1, 0.15) is 0 Å². The number of benzene rings is 2. The van der Waals surface area contributed by atoms with E-state index in [4.69, 9.17) is 10.9 Å². The van der Waals surface area contributed by atoms with Crippen molar-refractivity contribution in [3.05, 3.63) is 72.7 Å². The van der Waals surface area contributed by atoms with Gasteiger partial charge in [0.2, 0.25) is 10.0 Å². The maximum Gasteiger partial charge on any atom is 0.238 e. The van der Waals surface area contributed by atoms with E-state index in [1.54, 1.807) is 24.5 Å². The topological polar surface area (TPSA) is 128 Å². The Bertz CT molecular complexity index is 1230. The normalized spacial score (nSPS) is 11.6. The number of aromatic nitrogens is 3. The second-order valence-electron chi connectivity index (χ2n) is 6.28. The third-order valence-corrected chi connectivity index (χ3v) is 5.28. The van der Waals surface area contributed by atoms with Crippen LogP contribution in [0.5, 0.6) is 0 Å². The van der Waals surface area contributed by atoms with Crippen molar-refractivity contribution in [3.63, 3.8) is 0 Å². The summed E-state index contributed by atoms with van der Waals surface area (Å²) in [7, 11) is -3.70. The van der Waals surface area contributed by atoms with Crippen LogP contribution in [0.1, 0.15) is 5.56 Å². The molecule has 0 aliphatic carbocycles. The van der Waals surface area contributed by atoms with Crippen LogP contribution in [0.4, 0.5) is 11.5 Å². The first-order chi connectivity index (χ1) is 13.4. The van der Waals surface area contributed by atoms with Crippen LogP contribution < -0.4 is 16.2 Å². The molecule has 142 valence electrons. The summed E-state index contributed by atoms with van der Waals surface area (Å²) in [5.41, 5.74) is 9.97. The quantitative estimate of drug-likeness (QED) is 0.445. The van der Waals surface area contributed by atoms with Crippen LogP contribution in [-0.4, -0.2) is 22.8 Å². The van der Waals surface area contributed by atoms with Crippen molar-refractivity contribution < 1.29 is 8.42 Å². The highest BCUT2D eigenvalue weighted by Crippen LogP contribution is 2.24. The van der Waals surface area contributed by atoms with Crippen molar-refractivity contribution in [3.8, 4) is 11.3 Å². The van der Waals surface area contributed by atoms with Crippen molar-refractivity contribution in [2.24, 2.45) is 5.14 Å². The Labute approximate surface area is 161 Å². The number of hydrogen-bond donors (Lipinski definition) is 3. The monoisotopic (exact) mass is 394 g/mol. The first-order valence-electron chi connectivity index (χ1n) is 8.45. The van der Waals surface area contributed by atoms with Gasteiger partial charge in [0, 0.05) is 30.2 Å². The molecule has 0 aliphatic heterocycles. The van der Waals surface area contributed by atoms with Gasteiger partial charge in [-0.1, -0.05) is 24.3 Å². The average Bonchev–Trinajstić information content (AvgIpc) is 3.11. The van der Waals surface area contributed by atoms with Crippen molar-refractivity contribution >= 4 is 27.2 Å². The van der Waals surface area contributed by atoms with Gasteiger partial charge >= 0.3 is 0 Å². The number of anilines is 2. The first-order valence-corrected chi connectivity index (χ1v) is 10.00. The first kappa shape index (κ1) is 18.0. The molecule has 5 N–H and O–H groups in total. The number of hydrogen-bond acceptors (Lipinski definition) is 6. The number of nitrogens with two attached hydrogens (primary N) is 2. The summed E-state index contributed by atoms with van der Waals surface area (Å²) in [6.07, 6.45) is 5.33. The summed E-state index contributed by atoms with van der Waals surface area (Å²) in [5.74, 6) is 0.625. The van der Waals surface area contributed by atoms with Crippen molar-refractivity contribution in [2.45, 2.75) is 11.4 Å². The molecule has 8 nitrogen and oxygen atoms in total. The van der Waals surface area contributed by atoms with E-state index >= 15 is 0 Å². The molecular weight excluding hydrogens is 376 g/mol. The molecule has 0 amide bonds. The van der Waals surface area contributed by atoms with Gasteiger partial charge in [0.25, 0.3) is 0 Å². The summed E-state index contributed by atoms with van der Waals surface area (Å²) in [4.78, 5) is 8.94. The second-order valence-corrected chi connectivity index (χ2v) is 7.84. The number of nitrogens with one attached hydrogen (secondary N) is 1. The summed E-state index contributed by atoms with van der Waals surface area (Å²) in [5, 5.41) is 8.36. The van der Waals surface area contributed by atoms with E-state index in [0.717, 1.165) is 16.8 Å². The van der Waals surface area contributed by atoms with Crippen molar-refractivity contribution in [1.29, 1.82) is 0 Å². The highest BCUT2D eigenvalue weighted by Gasteiger charge is 2.11. The second kappa shape index (κ2) is 6.95. The highest BCUT2D eigenvalue weighted by atomic mass is 32.2. The number of nitrogens with zero attached hydrogens (tertiary/aromatic N) is 3. The Morgan fingerprint density at radius 3 is 2.39 bits per heavy atom. The molecule has 0 aliphatic rings. The lowest BCUT2D eigenvalue weighted by atomic mass is 10.1. The molecule has 0 bridgehead atoms. The minimum absolute atomic E-state index is 0.0814. The van der Waals surface area contributed by atoms with Crippen molar-refractivity contribution in [2.75, 3.05) is 11.1 Å². The molecule has 4 aromatic rings. The van der Waals surface area contributed by atoms with E-state index in [9.17, 15) is 8.42 Å². The summed E-state index contributed by atoms with van der Waals surface area (Å²) in [6, 6.07) is 14.0. The molecule has 9 heteroatoms. The molecule has 2 heterocycles. The number of primary sulfonamides is 1. The summed E-state index contributed by atoms with van der Waals surface area (Å²) < 4.78 is 24.6. The fourth-order valence-corrected chi connectivity index (χ4v) is 3.41. The maximum atomic E-state index is 11.3. The molecule has 0 saturated heterocycles. The largest absolute Gasteiger partial charge is 0.399 e. The minimum atomic E-state index is -3.70. The molecule has 0 saturated carbocycles. The minimum Gasteiger partial charge on any atom is -0.399 e. The van der Waals surface area contributed by atoms with E-state index in [0.29, 0.717) is 23.7 Å². The average molecular weight is 394 g/mol. The van der Waals surface area contributed by atoms with Crippen molar-refractivity contribution in [1.82, 2.24) is 14.4 Å². The predicted octanol–water partition coefficient (Wildman–Crippen LogP) is 2.24. The van der Waals surface area contributed by atoms with Crippen LogP contribution in [0.15, 0.2) is 72.0 Å². The zero-order valence-corrected chi connectivity index (χ0v) is 15.6. The fourth-order valence-electron chi connectivity index (χ4n) is 2.89. The Morgan fingerprint density at radius 2 is 1.71 bits per heavy atom. The zero-order chi connectivity index (χ0) is 19.7. The van der Waals surface area contributed by atoms with Gasteiger partial charge < -0.3 is 11.1 Å². The van der Waals surface area contributed by atoms with E-state index in [1.807, 2.05) is 34.9 Å². The van der Waals surface area contributed by atoms with Gasteiger partial charge in [-0.2, -0.15) is 0 Å². The van der Waals surface area contributed by atoms with E-state index < -0.39 is 10.0 Å². The molecule has 0 atom stereocenters. The van der Waals surface area contributed by atoms with Gasteiger partial charge in [-0.3, -0.25) is 4.40 Å². The van der Waals surface area contributed by atoms with E-state index in [2.05, 4.69) is 15.3 Å². The van der Waals surface area contributed by atoms with Crippen LogP contribution in [0, 0.1) is 0 Å². The van der Waals surface area contributed by atoms with E-state index in [1.165, 1.54) is 12.1 Å². The van der Waals surface area contributed by atoms with Gasteiger partial charge in [-0.15, -0.1) is 0 Å². The molecule has 0 radical (unpaired) electrons. The number of imidazole rings is 1. The Morgan fingerprint density at radius 1 is 1.00 bits per heavy atom. The number of fused-ring (bicyclic) bond motifs is 1. The smallest absolute Gasteiger partial charge is 0.238 e. The summed E-state index contributed by atoms with van der Waals surface area (Å²) in [6.45, 7) is 0.460. The van der Waals surface area contributed by atoms with Crippen LogP contribution >= 0.6 is 0 Å². The van der Waals surface area contributed by atoms with Crippen LogP contribution in [0.3, 0.4) is 0 Å². The standard InChI is InChI=1S/C19H18N6O2S/c20-15-5-3-14(4-6-15)17-12-24-19-18(22-9-10-25(17)19)23-11-13-1-7-16(8-2-13)28(21,26)27/h1-10,12H,11,20H2,(H,22,23)(H2,21,26,27). The maximum absolute atomic E-state index is 11.3. The fraction of sp³-hybridized carbons (Fsp3) is 0.0526. The third-order valence-electron chi connectivity index (χ3n) is 4.35.